The van der Waals surface area contributed by atoms with E-state index < -0.39 is 0 Å². The minimum atomic E-state index is 0.0185. The topological polar surface area (TPSA) is 29.5 Å². The van der Waals surface area contributed by atoms with Gasteiger partial charge in [0.25, 0.3) is 5.91 Å². The van der Waals surface area contributed by atoms with Crippen LogP contribution >= 0.6 is 38.5 Å². The maximum atomic E-state index is 11.7. The Hall–Kier alpha value is -0.300. The predicted octanol–water partition coefficient (Wildman–Crippen LogP) is 3.30. The molecule has 5 heteroatoms. The van der Waals surface area contributed by atoms with E-state index in [2.05, 4.69) is 38.5 Å². The fourth-order valence-corrected chi connectivity index (χ4v) is 2.97. The van der Waals surface area contributed by atoms with Gasteiger partial charge in [0.2, 0.25) is 0 Å². The highest BCUT2D eigenvalue weighted by molar-refractivity contribution is 14.1. The maximum absolute atomic E-state index is 11.7. The molecule has 0 bridgehead atoms. The second kappa shape index (κ2) is 7.20. The third kappa shape index (κ3) is 4.83. The van der Waals surface area contributed by atoms with Crippen molar-refractivity contribution in [1.82, 2.24) is 4.90 Å². The Balaban J connectivity index is 2.58. The molecule has 3 nitrogen and oxygen atoms in total. The molecule has 0 aliphatic heterocycles. The lowest BCUT2D eigenvalue weighted by Crippen LogP contribution is -2.34. The van der Waals surface area contributed by atoms with Gasteiger partial charge in [0, 0.05) is 21.1 Å². The first-order valence-electron chi connectivity index (χ1n) is 5.43. The Morgan fingerprint density at radius 3 is 2.53 bits per heavy atom. The van der Waals surface area contributed by atoms with Gasteiger partial charge < -0.3 is 9.64 Å². The Bertz CT molecular complexity index is 374. The van der Waals surface area contributed by atoms with Crippen molar-refractivity contribution in [2.75, 3.05) is 19.7 Å². The molecular weight excluding hydrogens is 397 g/mol. The molecule has 0 radical (unpaired) electrons. The summed E-state index contributed by atoms with van der Waals surface area (Å²) >= 11 is 5.61. The first kappa shape index (κ1) is 14.8. The number of ether oxygens (including phenoxy) is 1. The Kier molecular flexibility index (Phi) is 6.26. The lowest BCUT2D eigenvalue weighted by Gasteiger charge is -2.18. The molecule has 0 unspecified atom stereocenters. The van der Waals surface area contributed by atoms with Gasteiger partial charge in [-0.2, -0.15) is 0 Å². The molecule has 1 aromatic rings. The standard InChI is InChI=1S/C12H15BrINO2/c1-3-15(4-2)12(16)8-17-11-6-9(13)5-10(14)7-11/h5-7H,3-4,8H2,1-2H3. The number of amides is 1. The zero-order chi connectivity index (χ0) is 12.8. The third-order valence-electron chi connectivity index (χ3n) is 2.31. The molecule has 94 valence electrons. The van der Waals surface area contributed by atoms with Crippen molar-refractivity contribution < 1.29 is 9.53 Å². The number of carbonyl (C=O) groups excluding carboxylic acids is 1. The van der Waals surface area contributed by atoms with Crippen LogP contribution in [-0.4, -0.2) is 30.5 Å². The molecule has 0 aliphatic rings. The summed E-state index contributed by atoms with van der Waals surface area (Å²) in [4.78, 5) is 13.5. The van der Waals surface area contributed by atoms with E-state index in [0.29, 0.717) is 18.8 Å². The number of hydrogen-bond acceptors (Lipinski definition) is 2. The van der Waals surface area contributed by atoms with E-state index in [4.69, 9.17) is 4.74 Å². The molecule has 0 fully saturated rings. The minimum absolute atomic E-state index is 0.0185. The van der Waals surface area contributed by atoms with Gasteiger partial charge in [-0.05, 0) is 54.6 Å². The van der Waals surface area contributed by atoms with Crippen LogP contribution in [0.3, 0.4) is 0 Å². The van der Waals surface area contributed by atoms with Crippen molar-refractivity contribution in [3.63, 3.8) is 0 Å². The number of nitrogens with zero attached hydrogens (tertiary/aromatic N) is 1. The fraction of sp³-hybridized carbons (Fsp3) is 0.417. The van der Waals surface area contributed by atoms with Gasteiger partial charge in [-0.15, -0.1) is 0 Å². The minimum Gasteiger partial charge on any atom is -0.484 e. The highest BCUT2D eigenvalue weighted by Crippen LogP contribution is 2.22. The van der Waals surface area contributed by atoms with Crippen LogP contribution in [0.15, 0.2) is 22.7 Å². The summed E-state index contributed by atoms with van der Waals surface area (Å²) in [5.41, 5.74) is 0. The van der Waals surface area contributed by atoms with Crippen LogP contribution < -0.4 is 4.74 Å². The van der Waals surface area contributed by atoms with E-state index in [-0.39, 0.29) is 12.5 Å². The van der Waals surface area contributed by atoms with Gasteiger partial charge in [0.05, 0.1) is 0 Å². The van der Waals surface area contributed by atoms with Crippen molar-refractivity contribution in [2.45, 2.75) is 13.8 Å². The smallest absolute Gasteiger partial charge is 0.260 e. The zero-order valence-corrected chi connectivity index (χ0v) is 13.6. The van der Waals surface area contributed by atoms with Crippen LogP contribution in [0.2, 0.25) is 0 Å². The molecule has 0 heterocycles. The first-order valence-corrected chi connectivity index (χ1v) is 7.30. The molecule has 1 amide bonds. The average molecular weight is 412 g/mol. The van der Waals surface area contributed by atoms with Crippen LogP contribution in [0, 0.1) is 3.57 Å². The van der Waals surface area contributed by atoms with E-state index in [1.807, 2.05) is 32.0 Å². The Labute approximate surface area is 124 Å². The summed E-state index contributed by atoms with van der Waals surface area (Å²) in [6, 6.07) is 5.75. The highest BCUT2D eigenvalue weighted by Gasteiger charge is 2.10. The summed E-state index contributed by atoms with van der Waals surface area (Å²) in [5, 5.41) is 0. The molecule has 0 saturated heterocycles. The van der Waals surface area contributed by atoms with E-state index >= 15 is 0 Å². The molecular formula is C12H15BrINO2. The number of hydrogen-bond donors (Lipinski definition) is 0. The third-order valence-corrected chi connectivity index (χ3v) is 3.40. The molecule has 1 rings (SSSR count). The number of halogens is 2. The summed E-state index contributed by atoms with van der Waals surface area (Å²) < 4.78 is 7.51. The Morgan fingerprint density at radius 2 is 2.00 bits per heavy atom. The van der Waals surface area contributed by atoms with Crippen molar-refractivity contribution in [3.05, 3.63) is 26.2 Å². The Morgan fingerprint density at radius 1 is 1.35 bits per heavy atom. The van der Waals surface area contributed by atoms with Crippen LogP contribution in [0.1, 0.15) is 13.8 Å². The van der Waals surface area contributed by atoms with Crippen LogP contribution in [-0.2, 0) is 4.79 Å². The number of carbonyl (C=O) groups is 1. The lowest BCUT2D eigenvalue weighted by atomic mass is 10.3. The molecule has 1 aromatic carbocycles. The van der Waals surface area contributed by atoms with Gasteiger partial charge >= 0.3 is 0 Å². The van der Waals surface area contributed by atoms with Gasteiger partial charge in [-0.3, -0.25) is 4.79 Å². The molecule has 0 spiro atoms. The normalized spacial score (nSPS) is 10.1. The quantitative estimate of drug-likeness (QED) is 0.695. The summed E-state index contributed by atoms with van der Waals surface area (Å²) in [7, 11) is 0. The largest absolute Gasteiger partial charge is 0.484 e. The van der Waals surface area contributed by atoms with Crippen molar-refractivity contribution >= 4 is 44.4 Å². The van der Waals surface area contributed by atoms with Gasteiger partial charge in [-0.25, -0.2) is 0 Å². The lowest BCUT2D eigenvalue weighted by molar-refractivity contribution is -0.132. The summed E-state index contributed by atoms with van der Waals surface area (Å²) in [6.45, 7) is 5.45. The predicted molar refractivity (Wildman–Crippen MR) is 80.3 cm³/mol. The second-order valence-electron chi connectivity index (χ2n) is 3.46. The first-order chi connectivity index (χ1) is 8.06. The number of benzene rings is 1. The maximum Gasteiger partial charge on any atom is 0.260 e. The van der Waals surface area contributed by atoms with Crippen LogP contribution in [0.5, 0.6) is 5.75 Å². The van der Waals surface area contributed by atoms with Gasteiger partial charge in [0.1, 0.15) is 5.75 Å². The van der Waals surface area contributed by atoms with E-state index in [1.165, 1.54) is 0 Å². The average Bonchev–Trinajstić information content (AvgIpc) is 2.27. The van der Waals surface area contributed by atoms with E-state index in [1.54, 1.807) is 4.90 Å². The summed E-state index contributed by atoms with van der Waals surface area (Å²) in [6.07, 6.45) is 0. The molecule has 17 heavy (non-hydrogen) atoms. The molecule has 0 aliphatic carbocycles. The molecule has 0 aromatic heterocycles. The molecule has 0 N–H and O–H groups in total. The highest BCUT2D eigenvalue weighted by atomic mass is 127. The number of rotatable bonds is 5. The molecule has 0 atom stereocenters. The van der Waals surface area contributed by atoms with E-state index in [0.717, 1.165) is 8.04 Å². The molecule has 0 saturated carbocycles. The van der Waals surface area contributed by atoms with E-state index in [9.17, 15) is 4.79 Å². The SMILES string of the molecule is CCN(CC)C(=O)COc1cc(Br)cc(I)c1. The second-order valence-corrected chi connectivity index (χ2v) is 5.62. The fourth-order valence-electron chi connectivity index (χ4n) is 1.42. The van der Waals surface area contributed by atoms with Gasteiger partial charge in [0.15, 0.2) is 6.61 Å². The van der Waals surface area contributed by atoms with Crippen molar-refractivity contribution in [1.29, 1.82) is 0 Å². The monoisotopic (exact) mass is 411 g/mol. The van der Waals surface area contributed by atoms with Crippen LogP contribution in [0.4, 0.5) is 0 Å². The zero-order valence-electron chi connectivity index (χ0n) is 9.87. The van der Waals surface area contributed by atoms with Crippen molar-refractivity contribution in [3.8, 4) is 5.75 Å². The number of likely N-dealkylation sites (N-methyl/N-ethyl adjacent to an activating group) is 1. The summed E-state index contributed by atoms with van der Waals surface area (Å²) in [5.74, 6) is 0.731. The van der Waals surface area contributed by atoms with Crippen LogP contribution in [0.25, 0.3) is 0 Å². The van der Waals surface area contributed by atoms with Gasteiger partial charge in [-0.1, -0.05) is 15.9 Å². The van der Waals surface area contributed by atoms with Crippen molar-refractivity contribution in [2.24, 2.45) is 0 Å².